The fourth-order valence-corrected chi connectivity index (χ4v) is 2.62. The van der Waals surface area contributed by atoms with Crippen molar-refractivity contribution in [3.05, 3.63) is 24.0 Å². The van der Waals surface area contributed by atoms with Gasteiger partial charge in [0.05, 0.1) is 11.7 Å². The van der Waals surface area contributed by atoms with E-state index in [2.05, 4.69) is 5.32 Å². The van der Waals surface area contributed by atoms with Crippen LogP contribution in [0.5, 0.6) is 5.75 Å². The van der Waals surface area contributed by atoms with Gasteiger partial charge in [-0.25, -0.2) is 9.18 Å². The Bertz CT molecular complexity index is 517. The van der Waals surface area contributed by atoms with Crippen LogP contribution in [0.1, 0.15) is 6.92 Å². The summed E-state index contributed by atoms with van der Waals surface area (Å²) in [7, 11) is 0. The van der Waals surface area contributed by atoms with E-state index in [1.54, 1.807) is 11.0 Å². The molecule has 1 aromatic rings. The first-order valence-electron chi connectivity index (χ1n) is 6.88. The van der Waals surface area contributed by atoms with Gasteiger partial charge in [-0.05, 0) is 19.1 Å². The van der Waals surface area contributed by atoms with Crippen LogP contribution < -0.4 is 15.0 Å². The van der Waals surface area contributed by atoms with Crippen LogP contribution in [0.3, 0.4) is 0 Å². The lowest BCUT2D eigenvalue weighted by Crippen LogP contribution is -2.55. The lowest BCUT2D eigenvalue weighted by atomic mass is 10.1. The van der Waals surface area contributed by atoms with Crippen molar-refractivity contribution in [1.82, 2.24) is 10.2 Å². The van der Waals surface area contributed by atoms with Crippen molar-refractivity contribution in [1.29, 1.82) is 0 Å². The Hall–Kier alpha value is -1.82. The van der Waals surface area contributed by atoms with Gasteiger partial charge in [0, 0.05) is 32.2 Å². The molecule has 6 heteroatoms. The number of piperazine rings is 1. The predicted molar refractivity (Wildman–Crippen MR) is 73.7 cm³/mol. The van der Waals surface area contributed by atoms with Gasteiger partial charge in [-0.3, -0.25) is 4.90 Å². The number of halogens is 1. The lowest BCUT2D eigenvalue weighted by Gasteiger charge is -2.39. The summed E-state index contributed by atoms with van der Waals surface area (Å²) in [6.45, 7) is 5.32. The fraction of sp³-hybridized carbons (Fsp3) is 0.500. The fourth-order valence-electron chi connectivity index (χ4n) is 2.62. The number of hydrogen-bond acceptors (Lipinski definition) is 3. The van der Waals surface area contributed by atoms with Crippen LogP contribution in [0.25, 0.3) is 0 Å². The van der Waals surface area contributed by atoms with Crippen LogP contribution in [0.15, 0.2) is 18.2 Å². The zero-order valence-electron chi connectivity index (χ0n) is 11.4. The summed E-state index contributed by atoms with van der Waals surface area (Å²) < 4.78 is 18.8. The number of amides is 2. The van der Waals surface area contributed by atoms with Gasteiger partial charge in [-0.15, -0.1) is 0 Å². The summed E-state index contributed by atoms with van der Waals surface area (Å²) in [5.74, 6) is 0.0828. The molecule has 1 unspecified atom stereocenters. The third-order valence-corrected chi connectivity index (χ3v) is 3.70. The molecule has 2 heterocycles. The molecule has 108 valence electrons. The van der Waals surface area contributed by atoms with E-state index in [0.717, 1.165) is 13.1 Å². The molecule has 0 spiro atoms. The second-order valence-electron chi connectivity index (χ2n) is 5.16. The number of carbonyl (C=O) groups excluding carboxylic acids is 1. The number of rotatable bonds is 0. The molecule has 0 bridgehead atoms. The van der Waals surface area contributed by atoms with Gasteiger partial charge in [-0.2, -0.15) is 0 Å². The van der Waals surface area contributed by atoms with E-state index in [1.165, 1.54) is 12.1 Å². The van der Waals surface area contributed by atoms with E-state index in [-0.39, 0.29) is 17.9 Å². The van der Waals surface area contributed by atoms with Gasteiger partial charge < -0.3 is 15.0 Å². The number of ether oxygens (including phenoxy) is 1. The van der Waals surface area contributed by atoms with E-state index < -0.39 is 0 Å². The number of nitrogens with zero attached hydrogens (tertiary/aromatic N) is 2. The van der Waals surface area contributed by atoms with Crippen LogP contribution in [-0.4, -0.2) is 49.8 Å². The van der Waals surface area contributed by atoms with Crippen molar-refractivity contribution in [2.75, 3.05) is 37.7 Å². The molecule has 1 N–H and O–H groups in total. The third kappa shape index (κ3) is 2.31. The van der Waals surface area contributed by atoms with Gasteiger partial charge in [0.25, 0.3) is 0 Å². The molecule has 0 aromatic heterocycles. The molecular formula is C14H18FN3O2. The molecule has 3 rings (SSSR count). The molecule has 1 fully saturated rings. The molecule has 1 saturated heterocycles. The standard InChI is InChI=1S/C14H18FN3O2/c1-10-9-20-13-8-11(15)2-3-12(13)18(10)14(19)17-6-4-16-5-7-17/h2-3,8,10,16H,4-7,9H2,1H3. The molecule has 2 aliphatic rings. The van der Waals surface area contributed by atoms with Gasteiger partial charge in [-0.1, -0.05) is 0 Å². The first-order chi connectivity index (χ1) is 9.66. The lowest BCUT2D eigenvalue weighted by molar-refractivity contribution is 0.186. The van der Waals surface area contributed by atoms with Gasteiger partial charge >= 0.3 is 6.03 Å². The van der Waals surface area contributed by atoms with E-state index in [4.69, 9.17) is 4.74 Å². The smallest absolute Gasteiger partial charge is 0.325 e. The van der Waals surface area contributed by atoms with Crippen molar-refractivity contribution in [3.8, 4) is 5.75 Å². The highest BCUT2D eigenvalue weighted by atomic mass is 19.1. The highest BCUT2D eigenvalue weighted by Crippen LogP contribution is 2.35. The molecular weight excluding hydrogens is 261 g/mol. The summed E-state index contributed by atoms with van der Waals surface area (Å²) in [6.07, 6.45) is 0. The van der Waals surface area contributed by atoms with E-state index in [9.17, 15) is 9.18 Å². The minimum atomic E-state index is -0.354. The third-order valence-electron chi connectivity index (χ3n) is 3.70. The normalized spacial score (nSPS) is 22.2. The Morgan fingerprint density at radius 2 is 2.15 bits per heavy atom. The number of anilines is 1. The summed E-state index contributed by atoms with van der Waals surface area (Å²) in [5.41, 5.74) is 0.647. The minimum Gasteiger partial charge on any atom is -0.489 e. The van der Waals surface area contributed by atoms with E-state index in [1.807, 2.05) is 11.8 Å². The Balaban J connectivity index is 1.90. The van der Waals surface area contributed by atoms with Crippen molar-refractivity contribution in [2.24, 2.45) is 0 Å². The molecule has 1 atom stereocenters. The monoisotopic (exact) mass is 279 g/mol. The SMILES string of the molecule is CC1COc2cc(F)ccc2N1C(=O)N1CCNCC1. The molecule has 0 aliphatic carbocycles. The molecule has 20 heavy (non-hydrogen) atoms. The first kappa shape index (κ1) is 13.2. The molecule has 1 aromatic carbocycles. The highest BCUT2D eigenvalue weighted by molar-refractivity contribution is 5.94. The topological polar surface area (TPSA) is 44.8 Å². The quantitative estimate of drug-likeness (QED) is 0.781. The van der Waals surface area contributed by atoms with Crippen LogP contribution in [0.4, 0.5) is 14.9 Å². The van der Waals surface area contributed by atoms with Gasteiger partial charge in [0.1, 0.15) is 18.2 Å². The molecule has 2 amide bonds. The second-order valence-corrected chi connectivity index (χ2v) is 5.16. The maximum Gasteiger partial charge on any atom is 0.325 e. The van der Waals surface area contributed by atoms with Crippen molar-refractivity contribution in [3.63, 3.8) is 0 Å². The first-order valence-corrected chi connectivity index (χ1v) is 6.88. The number of carbonyl (C=O) groups is 1. The maximum absolute atomic E-state index is 13.3. The summed E-state index contributed by atoms with van der Waals surface area (Å²) >= 11 is 0. The van der Waals surface area contributed by atoms with Crippen molar-refractivity contribution >= 4 is 11.7 Å². The summed E-state index contributed by atoms with van der Waals surface area (Å²) in [5, 5.41) is 3.22. The molecule has 0 radical (unpaired) electrons. The minimum absolute atomic E-state index is 0.0323. The average molecular weight is 279 g/mol. The summed E-state index contributed by atoms with van der Waals surface area (Å²) in [6, 6.07) is 4.21. The van der Waals surface area contributed by atoms with Gasteiger partial charge in [0.15, 0.2) is 0 Å². The zero-order valence-corrected chi connectivity index (χ0v) is 11.4. The Morgan fingerprint density at radius 3 is 2.90 bits per heavy atom. The van der Waals surface area contributed by atoms with Crippen molar-refractivity contribution < 1.29 is 13.9 Å². The van der Waals surface area contributed by atoms with E-state index in [0.29, 0.717) is 31.1 Å². The number of fused-ring (bicyclic) bond motifs is 1. The van der Waals surface area contributed by atoms with Crippen LogP contribution in [-0.2, 0) is 0 Å². The number of hydrogen-bond donors (Lipinski definition) is 1. The number of benzene rings is 1. The Kier molecular flexibility index (Phi) is 3.48. The molecule has 0 saturated carbocycles. The second kappa shape index (κ2) is 5.28. The number of nitrogens with one attached hydrogen (secondary N) is 1. The largest absolute Gasteiger partial charge is 0.489 e. The van der Waals surface area contributed by atoms with Crippen LogP contribution in [0, 0.1) is 5.82 Å². The Labute approximate surface area is 117 Å². The molecule has 2 aliphatic heterocycles. The van der Waals surface area contributed by atoms with E-state index >= 15 is 0 Å². The Morgan fingerprint density at radius 1 is 1.40 bits per heavy atom. The maximum atomic E-state index is 13.3. The van der Waals surface area contributed by atoms with Gasteiger partial charge in [0.2, 0.25) is 0 Å². The van der Waals surface area contributed by atoms with Crippen LogP contribution in [0.2, 0.25) is 0 Å². The van der Waals surface area contributed by atoms with Crippen molar-refractivity contribution in [2.45, 2.75) is 13.0 Å². The zero-order chi connectivity index (χ0) is 14.1. The highest BCUT2D eigenvalue weighted by Gasteiger charge is 2.33. The summed E-state index contributed by atoms with van der Waals surface area (Å²) in [4.78, 5) is 16.2. The van der Waals surface area contributed by atoms with Crippen LogP contribution >= 0.6 is 0 Å². The number of urea groups is 1. The molecule has 5 nitrogen and oxygen atoms in total. The predicted octanol–water partition coefficient (Wildman–Crippen LogP) is 1.44. The average Bonchev–Trinajstić information content (AvgIpc) is 2.48.